The van der Waals surface area contributed by atoms with Crippen LogP contribution < -0.4 is 5.32 Å². The Morgan fingerprint density at radius 2 is 1.70 bits per heavy atom. The van der Waals surface area contributed by atoms with Crippen LogP contribution in [-0.2, 0) is 13.0 Å². The monoisotopic (exact) mass is 437 g/mol. The molecule has 2 nitrogen and oxygen atoms in total. The maximum atomic E-state index is 10.4. The van der Waals surface area contributed by atoms with E-state index in [0.717, 1.165) is 20.9 Å². The molecule has 3 aromatic rings. The molecule has 0 bridgehead atoms. The number of halogens is 3. The van der Waals surface area contributed by atoms with Gasteiger partial charge in [0.1, 0.15) is 0 Å². The number of nitrogens with one attached hydrogen (secondary N) is 1. The molecule has 0 aliphatic heterocycles. The number of phenols is 1. The van der Waals surface area contributed by atoms with Crippen molar-refractivity contribution >= 4 is 52.3 Å². The van der Waals surface area contributed by atoms with Crippen molar-refractivity contribution < 1.29 is 5.11 Å². The summed E-state index contributed by atoms with van der Waals surface area (Å²) in [6.45, 7) is 2.48. The molecule has 3 rings (SSSR count). The Morgan fingerprint density at radius 3 is 2.41 bits per heavy atom. The second-order valence-corrected chi connectivity index (χ2v) is 8.25. The van der Waals surface area contributed by atoms with Gasteiger partial charge in [0, 0.05) is 26.4 Å². The predicted octanol–water partition coefficient (Wildman–Crippen LogP) is 7.68. The average Bonchev–Trinajstić information content (AvgIpc) is 2.67. The molecule has 0 unspecified atom stereocenters. The third-order valence-electron chi connectivity index (χ3n) is 4.12. The van der Waals surface area contributed by atoms with E-state index in [1.807, 2.05) is 49.4 Å². The van der Waals surface area contributed by atoms with Gasteiger partial charge in [-0.25, -0.2) is 0 Å². The number of benzene rings is 3. The molecule has 6 heteroatoms. The summed E-state index contributed by atoms with van der Waals surface area (Å²) in [5, 5.41) is 15.2. The van der Waals surface area contributed by atoms with Gasteiger partial charge in [-0.3, -0.25) is 0 Å². The fourth-order valence-electron chi connectivity index (χ4n) is 2.68. The van der Waals surface area contributed by atoms with Crippen molar-refractivity contribution in [3.63, 3.8) is 0 Å². The molecule has 2 N–H and O–H groups in total. The maximum Gasteiger partial charge on any atom is 0.157 e. The van der Waals surface area contributed by atoms with Crippen LogP contribution in [0.25, 0.3) is 0 Å². The summed E-state index contributed by atoms with van der Waals surface area (Å²) in [6, 6.07) is 17.6. The number of hydrogen-bond donors (Lipinski definition) is 2. The van der Waals surface area contributed by atoms with E-state index in [2.05, 4.69) is 11.4 Å². The number of rotatable bonds is 6. The largest absolute Gasteiger partial charge is 0.504 e. The molecule has 0 heterocycles. The fourth-order valence-corrected chi connectivity index (χ4v) is 4.47. The zero-order chi connectivity index (χ0) is 19.4. The Kier molecular flexibility index (Phi) is 6.83. The van der Waals surface area contributed by atoms with E-state index in [1.54, 1.807) is 17.8 Å². The highest BCUT2D eigenvalue weighted by Gasteiger charge is 2.14. The number of phenolic OH excluding ortho intramolecular Hbond substituents is 1. The van der Waals surface area contributed by atoms with Crippen LogP contribution in [0.1, 0.15) is 18.1 Å². The Morgan fingerprint density at radius 1 is 1.00 bits per heavy atom. The Hall–Kier alpha value is -1.52. The molecule has 27 heavy (non-hydrogen) atoms. The molecule has 0 saturated heterocycles. The topological polar surface area (TPSA) is 32.3 Å². The van der Waals surface area contributed by atoms with Crippen molar-refractivity contribution in [1.29, 1.82) is 0 Å². The Bertz CT molecular complexity index is 945. The Labute approximate surface area is 178 Å². The van der Waals surface area contributed by atoms with Crippen LogP contribution in [-0.4, -0.2) is 5.11 Å². The van der Waals surface area contributed by atoms with E-state index in [9.17, 15) is 5.11 Å². The molecule has 0 saturated carbocycles. The van der Waals surface area contributed by atoms with Crippen LogP contribution in [0.3, 0.4) is 0 Å². The first-order valence-corrected chi connectivity index (χ1v) is 10.4. The summed E-state index contributed by atoms with van der Waals surface area (Å²) in [4.78, 5) is 2.22. The lowest BCUT2D eigenvalue weighted by molar-refractivity contribution is 0.476. The third-order valence-corrected chi connectivity index (χ3v) is 6.25. The quantitative estimate of drug-likeness (QED) is 0.387. The number of aromatic hydroxyl groups is 1. The predicted molar refractivity (Wildman–Crippen MR) is 117 cm³/mol. The highest BCUT2D eigenvalue weighted by atomic mass is 35.5. The molecule has 0 amide bonds. The minimum Gasteiger partial charge on any atom is -0.504 e. The minimum absolute atomic E-state index is 0.0285. The summed E-state index contributed by atoms with van der Waals surface area (Å²) in [5.41, 5.74) is 2.37. The van der Waals surface area contributed by atoms with Crippen molar-refractivity contribution in [1.82, 2.24) is 0 Å². The fraction of sp³-hybridized carbons (Fsp3) is 0.143. The van der Waals surface area contributed by atoms with Crippen molar-refractivity contribution in [3.05, 3.63) is 80.8 Å². The summed E-state index contributed by atoms with van der Waals surface area (Å²) < 4.78 is 0. The summed E-state index contributed by atoms with van der Waals surface area (Å²) in [6.07, 6.45) is 0.659. The molecule has 3 aromatic carbocycles. The van der Waals surface area contributed by atoms with Gasteiger partial charge in [-0.2, -0.15) is 0 Å². The first-order chi connectivity index (χ1) is 13.0. The van der Waals surface area contributed by atoms with Gasteiger partial charge in [-0.1, -0.05) is 71.7 Å². The van der Waals surface area contributed by atoms with Gasteiger partial charge in [-0.15, -0.1) is 0 Å². The average molecular weight is 439 g/mol. The SMILES string of the molecule is CCc1c(Cl)cc(NCc2ccccc2Sc2ccc(Cl)cc2)c(O)c1Cl. The van der Waals surface area contributed by atoms with E-state index in [4.69, 9.17) is 34.8 Å². The van der Waals surface area contributed by atoms with Crippen molar-refractivity contribution in [2.75, 3.05) is 5.32 Å². The highest BCUT2D eigenvalue weighted by molar-refractivity contribution is 7.99. The van der Waals surface area contributed by atoms with E-state index in [0.29, 0.717) is 33.7 Å². The molecule has 0 radical (unpaired) electrons. The third kappa shape index (κ3) is 4.85. The van der Waals surface area contributed by atoms with Crippen molar-refractivity contribution in [2.45, 2.75) is 29.7 Å². The van der Waals surface area contributed by atoms with Gasteiger partial charge in [0.2, 0.25) is 0 Å². The first-order valence-electron chi connectivity index (χ1n) is 8.44. The van der Waals surface area contributed by atoms with Gasteiger partial charge in [0.25, 0.3) is 0 Å². The number of hydrogen-bond acceptors (Lipinski definition) is 3. The maximum absolute atomic E-state index is 10.4. The van der Waals surface area contributed by atoms with Crippen LogP contribution >= 0.6 is 46.6 Å². The van der Waals surface area contributed by atoms with E-state index < -0.39 is 0 Å². The van der Waals surface area contributed by atoms with E-state index in [1.165, 1.54) is 0 Å². The van der Waals surface area contributed by atoms with Gasteiger partial charge in [0.15, 0.2) is 5.75 Å². The van der Waals surface area contributed by atoms with Gasteiger partial charge in [-0.05, 0) is 53.9 Å². The smallest absolute Gasteiger partial charge is 0.157 e. The van der Waals surface area contributed by atoms with E-state index >= 15 is 0 Å². The molecule has 0 fully saturated rings. The molecule has 0 spiro atoms. The van der Waals surface area contributed by atoms with Crippen LogP contribution in [0.2, 0.25) is 15.1 Å². The molecule has 140 valence electrons. The van der Waals surface area contributed by atoms with Gasteiger partial charge >= 0.3 is 0 Å². The summed E-state index contributed by atoms with van der Waals surface area (Å²) >= 11 is 20.2. The van der Waals surface area contributed by atoms with Crippen molar-refractivity contribution in [2.24, 2.45) is 0 Å². The van der Waals surface area contributed by atoms with Crippen LogP contribution in [0.15, 0.2) is 64.4 Å². The molecule has 0 aromatic heterocycles. The lowest BCUT2D eigenvalue weighted by atomic mass is 10.1. The lowest BCUT2D eigenvalue weighted by Gasteiger charge is -2.15. The highest BCUT2D eigenvalue weighted by Crippen LogP contribution is 2.40. The van der Waals surface area contributed by atoms with Crippen molar-refractivity contribution in [3.8, 4) is 5.75 Å². The van der Waals surface area contributed by atoms with Crippen LogP contribution in [0.5, 0.6) is 5.75 Å². The van der Waals surface area contributed by atoms with Gasteiger partial charge < -0.3 is 10.4 Å². The molecular formula is C21H18Cl3NOS. The second kappa shape index (κ2) is 9.11. The minimum atomic E-state index is 0.0285. The van der Waals surface area contributed by atoms with E-state index in [-0.39, 0.29) is 5.75 Å². The van der Waals surface area contributed by atoms with Gasteiger partial charge in [0.05, 0.1) is 10.7 Å². The zero-order valence-corrected chi connectivity index (χ0v) is 17.7. The Balaban J connectivity index is 1.80. The molecule has 0 aliphatic carbocycles. The zero-order valence-electron chi connectivity index (χ0n) is 14.6. The normalized spacial score (nSPS) is 10.8. The second-order valence-electron chi connectivity index (χ2n) is 5.92. The summed E-state index contributed by atoms with van der Waals surface area (Å²) in [7, 11) is 0. The standard InChI is InChI=1S/C21H18Cl3NOS/c1-2-16-17(23)11-18(21(26)20(16)24)25-12-13-5-3-4-6-19(13)27-15-9-7-14(22)8-10-15/h3-11,25-26H,2,12H2,1H3. The molecule has 0 aliphatic rings. The van der Waals surface area contributed by atoms with Crippen LogP contribution in [0.4, 0.5) is 5.69 Å². The number of anilines is 1. The van der Waals surface area contributed by atoms with Crippen LogP contribution in [0, 0.1) is 0 Å². The summed E-state index contributed by atoms with van der Waals surface area (Å²) in [5.74, 6) is 0.0285. The first kappa shape index (κ1) is 20.2. The molecular weight excluding hydrogens is 421 g/mol. The molecule has 0 atom stereocenters. The lowest BCUT2D eigenvalue weighted by Crippen LogP contribution is -2.02.